The molecule has 1 aliphatic heterocycles. The van der Waals surface area contributed by atoms with E-state index < -0.39 is 5.97 Å². The van der Waals surface area contributed by atoms with Crippen LogP contribution in [0.3, 0.4) is 0 Å². The Morgan fingerprint density at radius 1 is 1.08 bits per heavy atom. The van der Waals surface area contributed by atoms with Gasteiger partial charge in [-0.3, -0.25) is 4.79 Å². The number of ether oxygens (including phenoxy) is 1. The van der Waals surface area contributed by atoms with Crippen molar-refractivity contribution in [3.63, 3.8) is 0 Å². The molecule has 1 aliphatic carbocycles. The van der Waals surface area contributed by atoms with E-state index in [0.29, 0.717) is 34.1 Å². The number of nitrogens with zero attached hydrogens (tertiary/aromatic N) is 5. The summed E-state index contributed by atoms with van der Waals surface area (Å²) < 4.78 is 8.00. The zero-order chi connectivity index (χ0) is 26.3. The molecule has 2 aliphatic rings. The molecule has 37 heavy (non-hydrogen) atoms. The van der Waals surface area contributed by atoms with E-state index in [9.17, 15) is 14.7 Å². The van der Waals surface area contributed by atoms with Gasteiger partial charge in [-0.1, -0.05) is 31.4 Å². The fraction of sp³-hybridized carbons (Fsp3) is 0.500. The smallest absolute Gasteiger partial charge is 0.354 e. The van der Waals surface area contributed by atoms with Crippen molar-refractivity contribution in [2.24, 2.45) is 0 Å². The number of amides is 1. The Bertz CT molecular complexity index is 1300. The topological polar surface area (TPSA) is 101 Å². The lowest BCUT2D eigenvalue weighted by molar-refractivity contribution is 0.0399. The second kappa shape index (κ2) is 10.1. The van der Waals surface area contributed by atoms with E-state index in [1.165, 1.54) is 6.42 Å². The van der Waals surface area contributed by atoms with Gasteiger partial charge in [0.1, 0.15) is 0 Å². The Kier molecular flexibility index (Phi) is 6.90. The van der Waals surface area contributed by atoms with Gasteiger partial charge in [0.25, 0.3) is 5.91 Å². The molecule has 3 aromatic rings. The molecule has 1 amide bonds. The summed E-state index contributed by atoms with van der Waals surface area (Å²) in [6, 6.07) is 9.49. The number of likely N-dealkylation sites (tertiary alicyclic amines) is 1. The summed E-state index contributed by atoms with van der Waals surface area (Å²) in [4.78, 5) is 33.5. The summed E-state index contributed by atoms with van der Waals surface area (Å²) in [7, 11) is 4.05. The van der Waals surface area contributed by atoms with E-state index in [1.807, 2.05) is 61.8 Å². The van der Waals surface area contributed by atoms with Gasteiger partial charge in [-0.05, 0) is 64.5 Å². The van der Waals surface area contributed by atoms with E-state index in [-0.39, 0.29) is 23.7 Å². The first-order valence-corrected chi connectivity index (χ1v) is 13.1. The van der Waals surface area contributed by atoms with Gasteiger partial charge in [-0.15, -0.1) is 5.10 Å². The Morgan fingerprint density at radius 3 is 2.35 bits per heavy atom. The van der Waals surface area contributed by atoms with Crippen LogP contribution < -0.4 is 4.74 Å². The van der Waals surface area contributed by atoms with E-state index in [1.54, 1.807) is 6.07 Å². The number of hydrogen-bond donors (Lipinski definition) is 1. The molecule has 0 atom stereocenters. The number of hydrogen-bond acceptors (Lipinski definition) is 6. The average molecular weight is 506 g/mol. The number of carboxylic acids is 1. The zero-order valence-electron chi connectivity index (χ0n) is 22.0. The maximum absolute atomic E-state index is 12.9. The number of aromatic carboxylic acids is 1. The predicted octanol–water partition coefficient (Wildman–Crippen LogP) is 4.47. The first-order chi connectivity index (χ1) is 17.7. The van der Waals surface area contributed by atoms with E-state index >= 15 is 0 Å². The molecule has 5 rings (SSSR count). The summed E-state index contributed by atoms with van der Waals surface area (Å²) in [5, 5.41) is 15.4. The van der Waals surface area contributed by atoms with E-state index in [0.717, 1.165) is 44.3 Å². The molecule has 3 heterocycles. The number of carbonyl (C=O) groups is 2. The highest BCUT2D eigenvalue weighted by atomic mass is 16.5. The third kappa shape index (κ3) is 4.92. The molecule has 9 nitrogen and oxygen atoms in total. The first-order valence-electron chi connectivity index (χ1n) is 13.1. The Morgan fingerprint density at radius 2 is 1.76 bits per heavy atom. The lowest BCUT2D eigenvalue weighted by atomic mass is 9.95. The van der Waals surface area contributed by atoms with Crippen LogP contribution in [-0.2, 0) is 0 Å². The minimum Gasteiger partial charge on any atom is -0.477 e. The molecule has 1 saturated carbocycles. The Labute approximate surface area is 217 Å². The molecule has 1 N–H and O–H groups in total. The monoisotopic (exact) mass is 505 g/mol. The standard InChI is InChI=1S/C28H35N5O4/c1-17(2)37-26-24-22(18-10-12-19(13-11-18)27(34)32-15-21(16-32)31(3)4)14-23(28(35)36)29-25(24)33(30-26)20-8-6-5-7-9-20/h10-14,17,20-21H,5-9,15-16H2,1-4H3,(H,35,36). The molecular weight excluding hydrogens is 470 g/mol. The lowest BCUT2D eigenvalue weighted by Crippen LogP contribution is -2.59. The van der Waals surface area contributed by atoms with Crippen LogP contribution >= 0.6 is 0 Å². The number of pyridine rings is 1. The van der Waals surface area contributed by atoms with Crippen molar-refractivity contribution < 1.29 is 19.4 Å². The van der Waals surface area contributed by atoms with Crippen LogP contribution in [-0.4, -0.2) is 80.9 Å². The predicted molar refractivity (Wildman–Crippen MR) is 141 cm³/mol. The molecule has 0 spiro atoms. The summed E-state index contributed by atoms with van der Waals surface area (Å²) in [6.45, 7) is 5.33. The highest BCUT2D eigenvalue weighted by molar-refractivity contribution is 6.01. The number of carbonyl (C=O) groups excluding carboxylic acids is 1. The number of aromatic nitrogens is 3. The molecule has 0 bridgehead atoms. The van der Waals surface area contributed by atoms with Crippen LogP contribution in [0.4, 0.5) is 0 Å². The third-order valence-electron chi connectivity index (χ3n) is 7.44. The molecule has 2 fully saturated rings. The molecule has 1 saturated heterocycles. The quantitative estimate of drug-likeness (QED) is 0.505. The third-order valence-corrected chi connectivity index (χ3v) is 7.44. The van der Waals surface area contributed by atoms with Crippen molar-refractivity contribution in [3.05, 3.63) is 41.6 Å². The van der Waals surface area contributed by atoms with Gasteiger partial charge in [-0.25, -0.2) is 14.5 Å². The van der Waals surface area contributed by atoms with Crippen LogP contribution in [0.15, 0.2) is 30.3 Å². The lowest BCUT2D eigenvalue weighted by Gasteiger charge is -2.42. The molecule has 0 unspecified atom stereocenters. The van der Waals surface area contributed by atoms with Gasteiger partial charge in [0, 0.05) is 30.3 Å². The fourth-order valence-electron chi connectivity index (χ4n) is 5.25. The Balaban J connectivity index is 1.56. The van der Waals surface area contributed by atoms with Crippen LogP contribution in [0.2, 0.25) is 0 Å². The molecular formula is C28H35N5O4. The average Bonchev–Trinajstić information content (AvgIpc) is 3.20. The molecule has 0 radical (unpaired) electrons. The summed E-state index contributed by atoms with van der Waals surface area (Å²) in [5.74, 6) is -0.624. The van der Waals surface area contributed by atoms with Crippen molar-refractivity contribution in [2.45, 2.75) is 64.1 Å². The van der Waals surface area contributed by atoms with Gasteiger partial charge < -0.3 is 19.6 Å². The maximum atomic E-state index is 12.9. The summed E-state index contributed by atoms with van der Waals surface area (Å²) in [6.07, 6.45) is 5.27. The molecule has 2 aromatic heterocycles. The van der Waals surface area contributed by atoms with Gasteiger partial charge in [-0.2, -0.15) is 0 Å². The van der Waals surface area contributed by atoms with Crippen LogP contribution in [0.5, 0.6) is 5.88 Å². The normalized spacial score (nSPS) is 17.0. The van der Waals surface area contributed by atoms with Crippen LogP contribution in [0, 0.1) is 0 Å². The van der Waals surface area contributed by atoms with Gasteiger partial charge >= 0.3 is 5.97 Å². The van der Waals surface area contributed by atoms with Crippen LogP contribution in [0.25, 0.3) is 22.2 Å². The molecule has 1 aromatic carbocycles. The number of benzene rings is 1. The number of carboxylic acid groups (broad SMARTS) is 1. The summed E-state index contributed by atoms with van der Waals surface area (Å²) >= 11 is 0. The maximum Gasteiger partial charge on any atom is 0.354 e. The number of fused-ring (bicyclic) bond motifs is 1. The van der Waals surface area contributed by atoms with Crippen molar-refractivity contribution >= 4 is 22.9 Å². The SMILES string of the molecule is CC(C)Oc1nn(C2CCCCC2)c2nc(C(=O)O)cc(-c3ccc(C(=O)N4CC(N(C)C)C4)cc3)c12. The molecule has 9 heteroatoms. The minimum absolute atomic E-state index is 0.00435. The van der Waals surface area contributed by atoms with Gasteiger partial charge in [0.2, 0.25) is 5.88 Å². The minimum atomic E-state index is -1.09. The van der Waals surface area contributed by atoms with E-state index in [2.05, 4.69) is 9.88 Å². The highest BCUT2D eigenvalue weighted by Crippen LogP contribution is 2.39. The largest absolute Gasteiger partial charge is 0.477 e. The first kappa shape index (κ1) is 25.2. The Hall–Kier alpha value is -3.46. The highest BCUT2D eigenvalue weighted by Gasteiger charge is 2.32. The second-order valence-electron chi connectivity index (χ2n) is 10.7. The number of rotatable bonds is 7. The van der Waals surface area contributed by atoms with Crippen molar-refractivity contribution in [2.75, 3.05) is 27.2 Å². The van der Waals surface area contributed by atoms with E-state index in [4.69, 9.17) is 9.84 Å². The van der Waals surface area contributed by atoms with Crippen molar-refractivity contribution in [1.29, 1.82) is 0 Å². The van der Waals surface area contributed by atoms with Gasteiger partial charge in [0.15, 0.2) is 11.3 Å². The second-order valence-corrected chi connectivity index (χ2v) is 10.7. The molecule has 196 valence electrons. The number of likely N-dealkylation sites (N-methyl/N-ethyl adjacent to an activating group) is 1. The van der Waals surface area contributed by atoms with Gasteiger partial charge in [0.05, 0.1) is 17.5 Å². The van der Waals surface area contributed by atoms with Crippen LogP contribution in [0.1, 0.15) is 72.8 Å². The zero-order valence-corrected chi connectivity index (χ0v) is 22.0. The van der Waals surface area contributed by atoms with Crippen molar-refractivity contribution in [1.82, 2.24) is 24.6 Å². The van der Waals surface area contributed by atoms with Crippen molar-refractivity contribution in [3.8, 4) is 17.0 Å². The fourth-order valence-corrected chi connectivity index (χ4v) is 5.25. The summed E-state index contributed by atoms with van der Waals surface area (Å²) in [5.41, 5.74) is 2.59.